The summed E-state index contributed by atoms with van der Waals surface area (Å²) in [7, 11) is -1.71. The lowest BCUT2D eigenvalue weighted by Crippen LogP contribution is -2.56. The fourth-order valence-electron chi connectivity index (χ4n) is 4.68. The van der Waals surface area contributed by atoms with Gasteiger partial charge in [0, 0.05) is 5.41 Å². The van der Waals surface area contributed by atoms with Crippen LogP contribution in [0, 0.1) is 16.7 Å². The van der Waals surface area contributed by atoms with Gasteiger partial charge in [0.1, 0.15) is 0 Å². The second kappa shape index (κ2) is 6.12. The highest BCUT2D eigenvalue weighted by molar-refractivity contribution is 14.1. The highest BCUT2D eigenvalue weighted by Crippen LogP contribution is 2.62. The Morgan fingerprint density at radius 1 is 1.13 bits per heavy atom. The van der Waals surface area contributed by atoms with Crippen LogP contribution in [0.4, 0.5) is 0 Å². The first-order chi connectivity index (χ1) is 10.2. The third kappa shape index (κ3) is 3.35. The SMILES string of the molecule is CC1=C(I)[C@@]2(C)CC[C@H](O[Si](C)(C)C(C)(C)C)C(C)(C)[C@@H]2CC1. The summed E-state index contributed by atoms with van der Waals surface area (Å²) in [5.41, 5.74) is 2.27. The summed E-state index contributed by atoms with van der Waals surface area (Å²) in [6.45, 7) is 21.7. The lowest BCUT2D eigenvalue weighted by molar-refractivity contribution is -0.0776. The molecule has 0 unspecified atom stereocenters. The van der Waals surface area contributed by atoms with Crippen molar-refractivity contribution in [3.05, 3.63) is 9.15 Å². The zero-order valence-corrected chi connectivity index (χ0v) is 19.9. The molecule has 0 saturated heterocycles. The molecule has 1 saturated carbocycles. The fourth-order valence-corrected chi connectivity index (χ4v) is 7.08. The van der Waals surface area contributed by atoms with Crippen molar-refractivity contribution in [3.8, 4) is 0 Å². The van der Waals surface area contributed by atoms with Crippen LogP contribution in [0.3, 0.4) is 0 Å². The summed E-state index contributed by atoms with van der Waals surface area (Å²) >= 11 is 2.65. The number of rotatable bonds is 2. The predicted molar refractivity (Wildman–Crippen MR) is 113 cm³/mol. The van der Waals surface area contributed by atoms with Crippen LogP contribution in [0.1, 0.15) is 74.1 Å². The van der Waals surface area contributed by atoms with E-state index in [0.717, 1.165) is 5.92 Å². The molecule has 0 aromatic carbocycles. The monoisotopic (exact) mass is 448 g/mol. The van der Waals surface area contributed by atoms with Crippen molar-refractivity contribution in [2.24, 2.45) is 16.7 Å². The first kappa shape index (κ1) is 20.0. The van der Waals surface area contributed by atoms with Gasteiger partial charge >= 0.3 is 0 Å². The normalized spacial score (nSPS) is 35.2. The van der Waals surface area contributed by atoms with Crippen molar-refractivity contribution < 1.29 is 4.43 Å². The van der Waals surface area contributed by atoms with Crippen molar-refractivity contribution in [2.75, 3.05) is 0 Å². The molecule has 1 nitrogen and oxygen atoms in total. The van der Waals surface area contributed by atoms with Gasteiger partial charge in [-0.25, -0.2) is 0 Å². The summed E-state index contributed by atoms with van der Waals surface area (Å²) in [5, 5.41) is 0.293. The molecule has 0 aromatic heterocycles. The molecule has 134 valence electrons. The predicted octanol–water partition coefficient (Wildman–Crippen LogP) is 7.32. The molecule has 23 heavy (non-hydrogen) atoms. The zero-order chi connectivity index (χ0) is 17.8. The average molecular weight is 449 g/mol. The Bertz CT molecular complexity index is 500. The van der Waals surface area contributed by atoms with Crippen molar-refractivity contribution in [1.29, 1.82) is 0 Å². The van der Waals surface area contributed by atoms with Gasteiger partial charge in [0.05, 0.1) is 6.10 Å². The van der Waals surface area contributed by atoms with E-state index in [2.05, 4.69) is 84.2 Å². The van der Waals surface area contributed by atoms with E-state index < -0.39 is 8.32 Å². The highest BCUT2D eigenvalue weighted by Gasteiger charge is 2.55. The summed E-state index contributed by atoms with van der Waals surface area (Å²) in [4.78, 5) is 0. The first-order valence-electron chi connectivity index (χ1n) is 9.27. The van der Waals surface area contributed by atoms with Gasteiger partial charge in [-0.1, -0.05) is 47.1 Å². The number of fused-ring (bicyclic) bond motifs is 1. The second-order valence-corrected chi connectivity index (χ2v) is 16.2. The van der Waals surface area contributed by atoms with E-state index in [1.54, 1.807) is 9.15 Å². The lowest BCUT2D eigenvalue weighted by Gasteiger charge is -2.58. The van der Waals surface area contributed by atoms with Crippen LogP contribution < -0.4 is 0 Å². The third-order valence-electron chi connectivity index (χ3n) is 7.35. The van der Waals surface area contributed by atoms with E-state index >= 15 is 0 Å². The summed E-state index contributed by atoms with van der Waals surface area (Å²) in [6.07, 6.45) is 5.53. The van der Waals surface area contributed by atoms with E-state index in [4.69, 9.17) is 4.43 Å². The Hall–Kier alpha value is 0.647. The largest absolute Gasteiger partial charge is 0.413 e. The van der Waals surface area contributed by atoms with Crippen molar-refractivity contribution in [1.82, 2.24) is 0 Å². The van der Waals surface area contributed by atoms with E-state index in [0.29, 0.717) is 16.6 Å². The Morgan fingerprint density at radius 2 is 1.70 bits per heavy atom. The average Bonchev–Trinajstić information content (AvgIpc) is 2.38. The highest BCUT2D eigenvalue weighted by atomic mass is 127. The molecular weight excluding hydrogens is 411 g/mol. The standard InChI is InChI=1S/C20H37IOSi/c1-14-10-11-15-19(5,6)16(12-13-20(15,7)17(14)21)22-23(8,9)18(2,3)4/h15-16H,10-13H2,1-9H3/t15-,16-,20-/m0/s1. The molecule has 0 bridgehead atoms. The summed E-state index contributed by atoms with van der Waals surface area (Å²) in [5.74, 6) is 0.745. The molecule has 2 aliphatic rings. The Kier molecular flexibility index (Phi) is 5.31. The van der Waals surface area contributed by atoms with E-state index in [1.807, 2.05) is 0 Å². The molecule has 0 N–H and O–H groups in total. The van der Waals surface area contributed by atoms with Crippen molar-refractivity contribution in [3.63, 3.8) is 0 Å². The van der Waals surface area contributed by atoms with E-state index in [1.165, 1.54) is 25.7 Å². The minimum absolute atomic E-state index is 0.264. The van der Waals surface area contributed by atoms with Crippen molar-refractivity contribution in [2.45, 2.75) is 98.4 Å². The Morgan fingerprint density at radius 3 is 2.22 bits per heavy atom. The van der Waals surface area contributed by atoms with Gasteiger partial charge in [-0.3, -0.25) is 0 Å². The molecule has 0 aliphatic heterocycles. The van der Waals surface area contributed by atoms with Crippen LogP contribution >= 0.6 is 22.6 Å². The van der Waals surface area contributed by atoms with Gasteiger partial charge < -0.3 is 4.43 Å². The topological polar surface area (TPSA) is 9.23 Å². The first-order valence-corrected chi connectivity index (χ1v) is 13.3. The van der Waals surface area contributed by atoms with Crippen LogP contribution in [0.15, 0.2) is 9.15 Å². The summed E-state index contributed by atoms with van der Waals surface area (Å²) < 4.78 is 8.58. The number of hydrogen-bond donors (Lipinski definition) is 0. The zero-order valence-electron chi connectivity index (χ0n) is 16.8. The molecule has 0 aromatic rings. The van der Waals surface area contributed by atoms with Gasteiger partial charge in [-0.05, 0) is 88.2 Å². The van der Waals surface area contributed by atoms with E-state index in [-0.39, 0.29) is 5.41 Å². The van der Waals surface area contributed by atoms with Gasteiger partial charge in [-0.15, -0.1) is 0 Å². The quantitative estimate of drug-likeness (QED) is 0.318. The molecule has 0 heterocycles. The van der Waals surface area contributed by atoms with Crippen molar-refractivity contribution >= 4 is 30.9 Å². The molecule has 3 atom stereocenters. The minimum atomic E-state index is -1.71. The van der Waals surface area contributed by atoms with E-state index in [9.17, 15) is 0 Å². The molecule has 0 radical (unpaired) electrons. The van der Waals surface area contributed by atoms with Crippen LogP contribution in [0.25, 0.3) is 0 Å². The minimum Gasteiger partial charge on any atom is -0.413 e. The van der Waals surface area contributed by atoms with Crippen LogP contribution in [0.5, 0.6) is 0 Å². The maximum atomic E-state index is 6.93. The fraction of sp³-hybridized carbons (Fsp3) is 0.900. The Labute approximate surface area is 159 Å². The molecule has 3 heteroatoms. The van der Waals surface area contributed by atoms with Crippen LogP contribution in [0.2, 0.25) is 18.1 Å². The van der Waals surface area contributed by atoms with Gasteiger partial charge in [0.25, 0.3) is 0 Å². The smallest absolute Gasteiger partial charge is 0.192 e. The molecule has 2 rings (SSSR count). The van der Waals surface area contributed by atoms with Crippen LogP contribution in [-0.2, 0) is 4.43 Å². The molecule has 0 spiro atoms. The molecular formula is C20H37IOSi. The second-order valence-electron chi connectivity index (χ2n) is 10.3. The van der Waals surface area contributed by atoms with Gasteiger partial charge in [0.2, 0.25) is 0 Å². The lowest BCUT2D eigenvalue weighted by atomic mass is 9.52. The van der Waals surface area contributed by atoms with Crippen LogP contribution in [-0.4, -0.2) is 14.4 Å². The van der Waals surface area contributed by atoms with Gasteiger partial charge in [0.15, 0.2) is 8.32 Å². The number of halogens is 1. The summed E-state index contributed by atoms with van der Waals surface area (Å²) in [6, 6.07) is 0. The Balaban J connectivity index is 2.30. The molecule has 0 amide bonds. The maximum absolute atomic E-state index is 6.93. The molecule has 2 aliphatic carbocycles. The number of allylic oxidation sites excluding steroid dienone is 2. The number of hydrogen-bond acceptors (Lipinski definition) is 1. The third-order valence-corrected chi connectivity index (χ3v) is 14.0. The maximum Gasteiger partial charge on any atom is 0.192 e. The molecule has 1 fully saturated rings. The van der Waals surface area contributed by atoms with Gasteiger partial charge in [-0.2, -0.15) is 0 Å².